The standard InChI is InChI=1S/C15H12BN4P/c16-14-7-9(3-6-18-14)12-2-1-10-11-8-17-5-4-13(11)20(21)15(10)19-12/h1-8H,16,21H2. The van der Waals surface area contributed by atoms with Gasteiger partial charge >= 0.3 is 0 Å². The Morgan fingerprint density at radius 2 is 1.95 bits per heavy atom. The van der Waals surface area contributed by atoms with Crippen molar-refractivity contribution in [3.63, 3.8) is 0 Å². The van der Waals surface area contributed by atoms with Gasteiger partial charge in [0.15, 0.2) is 7.85 Å². The molecule has 0 saturated heterocycles. The van der Waals surface area contributed by atoms with Crippen LogP contribution in [-0.2, 0) is 0 Å². The van der Waals surface area contributed by atoms with Gasteiger partial charge in [-0.1, -0.05) is 0 Å². The average molecular weight is 290 g/mol. The molecule has 4 aromatic heterocycles. The summed E-state index contributed by atoms with van der Waals surface area (Å²) in [5.41, 5.74) is 5.07. The molecule has 0 radical (unpaired) electrons. The van der Waals surface area contributed by atoms with Crippen LogP contribution >= 0.6 is 9.39 Å². The minimum atomic E-state index is 0.940. The molecule has 1 unspecified atom stereocenters. The molecule has 0 aromatic carbocycles. The van der Waals surface area contributed by atoms with Crippen LogP contribution in [0.2, 0.25) is 0 Å². The third kappa shape index (κ3) is 1.93. The van der Waals surface area contributed by atoms with E-state index in [1.54, 1.807) is 6.20 Å². The normalized spacial score (nSPS) is 11.3. The third-order valence-electron chi connectivity index (χ3n) is 3.64. The summed E-state index contributed by atoms with van der Waals surface area (Å²) in [4.78, 5) is 13.3. The van der Waals surface area contributed by atoms with Crippen LogP contribution in [0.3, 0.4) is 0 Å². The highest BCUT2D eigenvalue weighted by Crippen LogP contribution is 2.30. The molecule has 0 saturated carbocycles. The predicted molar refractivity (Wildman–Crippen MR) is 91.6 cm³/mol. The molecule has 0 aliphatic rings. The summed E-state index contributed by atoms with van der Waals surface area (Å²) in [6.07, 6.45) is 5.50. The molecular weight excluding hydrogens is 278 g/mol. The first kappa shape index (κ1) is 12.5. The largest absolute Gasteiger partial charge is 0.310 e. The highest BCUT2D eigenvalue weighted by Gasteiger charge is 2.10. The van der Waals surface area contributed by atoms with Crippen molar-refractivity contribution in [3.05, 3.63) is 48.9 Å². The van der Waals surface area contributed by atoms with Gasteiger partial charge in [0.25, 0.3) is 0 Å². The topological polar surface area (TPSA) is 43.6 Å². The maximum absolute atomic E-state index is 4.81. The number of nitrogens with zero attached hydrogens (tertiary/aromatic N) is 4. The lowest BCUT2D eigenvalue weighted by atomic mass is 10.0. The highest BCUT2D eigenvalue weighted by atomic mass is 31.0. The number of hydrogen-bond donors (Lipinski definition) is 0. The average Bonchev–Trinajstić information content (AvgIpc) is 2.81. The fraction of sp³-hybridized carbons (Fsp3) is 0. The number of aromatic nitrogens is 4. The Labute approximate surface area is 124 Å². The summed E-state index contributed by atoms with van der Waals surface area (Å²) in [5.74, 6) is 0. The van der Waals surface area contributed by atoms with Crippen LogP contribution in [0, 0.1) is 0 Å². The molecule has 21 heavy (non-hydrogen) atoms. The fourth-order valence-electron chi connectivity index (χ4n) is 2.63. The molecule has 0 aliphatic carbocycles. The molecule has 0 spiro atoms. The second-order valence-electron chi connectivity index (χ2n) is 5.02. The van der Waals surface area contributed by atoms with E-state index in [0.717, 1.165) is 38.8 Å². The first-order valence-electron chi connectivity index (χ1n) is 6.67. The van der Waals surface area contributed by atoms with E-state index in [9.17, 15) is 0 Å². The highest BCUT2D eigenvalue weighted by molar-refractivity contribution is 7.15. The van der Waals surface area contributed by atoms with E-state index in [1.807, 2.05) is 48.8 Å². The van der Waals surface area contributed by atoms with Gasteiger partial charge in [0.05, 0.1) is 11.2 Å². The molecular formula is C15H12BN4P. The van der Waals surface area contributed by atoms with Crippen molar-refractivity contribution in [1.29, 1.82) is 0 Å². The summed E-state index contributed by atoms with van der Waals surface area (Å²) in [6.45, 7) is 0. The monoisotopic (exact) mass is 290 g/mol. The molecule has 100 valence electrons. The van der Waals surface area contributed by atoms with E-state index in [1.165, 1.54) is 0 Å². The van der Waals surface area contributed by atoms with Gasteiger partial charge in [-0.15, -0.1) is 0 Å². The van der Waals surface area contributed by atoms with Crippen molar-refractivity contribution >= 4 is 44.8 Å². The van der Waals surface area contributed by atoms with Gasteiger partial charge < -0.3 is 4.34 Å². The van der Waals surface area contributed by atoms with E-state index in [2.05, 4.69) is 25.4 Å². The Balaban J connectivity index is 2.02. The molecule has 0 aliphatic heterocycles. The number of rotatable bonds is 1. The molecule has 4 rings (SSSR count). The molecule has 0 amide bonds. The fourth-order valence-corrected chi connectivity index (χ4v) is 3.05. The Morgan fingerprint density at radius 3 is 2.81 bits per heavy atom. The van der Waals surface area contributed by atoms with Crippen molar-refractivity contribution in [2.45, 2.75) is 0 Å². The van der Waals surface area contributed by atoms with Gasteiger partial charge in [-0.3, -0.25) is 9.97 Å². The third-order valence-corrected chi connectivity index (χ3v) is 4.17. The van der Waals surface area contributed by atoms with Gasteiger partial charge in [0.2, 0.25) is 0 Å². The molecule has 0 N–H and O–H groups in total. The molecule has 0 bridgehead atoms. The smallest absolute Gasteiger partial charge is 0.163 e. The quantitative estimate of drug-likeness (QED) is 0.394. The van der Waals surface area contributed by atoms with Gasteiger partial charge in [0, 0.05) is 34.9 Å². The summed E-state index contributed by atoms with van der Waals surface area (Å²) in [5, 5.41) is 2.23. The summed E-state index contributed by atoms with van der Waals surface area (Å²) in [7, 11) is 4.71. The van der Waals surface area contributed by atoms with E-state index < -0.39 is 0 Å². The van der Waals surface area contributed by atoms with Crippen LogP contribution in [0.1, 0.15) is 0 Å². The van der Waals surface area contributed by atoms with Crippen molar-refractivity contribution in [1.82, 2.24) is 19.3 Å². The van der Waals surface area contributed by atoms with Gasteiger partial charge in [0.1, 0.15) is 5.65 Å². The molecule has 4 aromatic rings. The van der Waals surface area contributed by atoms with Crippen LogP contribution < -0.4 is 5.59 Å². The number of hydrogen-bond acceptors (Lipinski definition) is 3. The Kier molecular flexibility index (Phi) is 2.76. The number of pyridine rings is 3. The molecule has 1 atom stereocenters. The SMILES string of the molecule is Bc1cc(-c2ccc3c4cnccc4n(P)c3n2)ccn1. The van der Waals surface area contributed by atoms with Crippen molar-refractivity contribution in [2.24, 2.45) is 0 Å². The zero-order valence-electron chi connectivity index (χ0n) is 11.5. The maximum atomic E-state index is 4.81. The van der Waals surface area contributed by atoms with E-state index in [0.29, 0.717) is 0 Å². The van der Waals surface area contributed by atoms with Crippen LogP contribution in [-0.4, -0.2) is 27.1 Å². The summed E-state index contributed by atoms with van der Waals surface area (Å²) in [6, 6.07) is 10.2. The Hall–Kier alpha value is -2.26. The van der Waals surface area contributed by atoms with Gasteiger partial charge in [-0.05, 0) is 45.3 Å². The molecule has 0 fully saturated rings. The summed E-state index contributed by atoms with van der Waals surface area (Å²) >= 11 is 0. The van der Waals surface area contributed by atoms with E-state index >= 15 is 0 Å². The zero-order chi connectivity index (χ0) is 14.4. The first-order chi connectivity index (χ1) is 10.2. The molecule has 6 heteroatoms. The maximum Gasteiger partial charge on any atom is 0.163 e. The lowest BCUT2D eigenvalue weighted by Gasteiger charge is -2.03. The number of fused-ring (bicyclic) bond motifs is 3. The van der Waals surface area contributed by atoms with Gasteiger partial charge in [-0.2, -0.15) is 0 Å². The summed E-state index contributed by atoms with van der Waals surface area (Å²) < 4.78 is 2.03. The van der Waals surface area contributed by atoms with Crippen molar-refractivity contribution in [2.75, 3.05) is 0 Å². The van der Waals surface area contributed by atoms with Crippen LogP contribution in [0.15, 0.2) is 48.9 Å². The molecule has 4 nitrogen and oxygen atoms in total. The zero-order valence-corrected chi connectivity index (χ0v) is 12.6. The van der Waals surface area contributed by atoms with Crippen LogP contribution in [0.5, 0.6) is 0 Å². The molecule has 4 heterocycles. The van der Waals surface area contributed by atoms with Crippen molar-refractivity contribution in [3.8, 4) is 11.3 Å². The lowest BCUT2D eigenvalue weighted by molar-refractivity contribution is 1.28. The predicted octanol–water partition coefficient (Wildman–Crippen LogP) is 1.54. The van der Waals surface area contributed by atoms with E-state index in [-0.39, 0.29) is 0 Å². The van der Waals surface area contributed by atoms with Crippen LogP contribution in [0.4, 0.5) is 0 Å². The Morgan fingerprint density at radius 1 is 1.05 bits per heavy atom. The first-order valence-corrected chi connectivity index (χ1v) is 7.19. The lowest BCUT2D eigenvalue weighted by Crippen LogP contribution is -2.06. The van der Waals surface area contributed by atoms with E-state index in [4.69, 9.17) is 4.98 Å². The second-order valence-corrected chi connectivity index (χ2v) is 5.53. The van der Waals surface area contributed by atoms with Crippen LogP contribution in [0.25, 0.3) is 33.2 Å². The Bertz CT molecular complexity index is 980. The minimum Gasteiger partial charge on any atom is -0.310 e. The van der Waals surface area contributed by atoms with Crippen molar-refractivity contribution < 1.29 is 0 Å². The second kappa shape index (κ2) is 4.64. The minimum absolute atomic E-state index is 0.940. The van der Waals surface area contributed by atoms with Gasteiger partial charge in [-0.25, -0.2) is 4.98 Å².